The number of hydrogen-bond acceptors (Lipinski definition) is 2. The second kappa shape index (κ2) is 6.65. The molecule has 0 aliphatic rings. The van der Waals surface area contributed by atoms with Crippen molar-refractivity contribution in [2.24, 2.45) is 0 Å². The molecule has 0 aliphatic carbocycles. The second-order valence-electron chi connectivity index (χ2n) is 3.59. The molecule has 0 bridgehead atoms. The minimum Gasteiger partial charge on any atom is -0.406 e. The molecule has 0 N–H and O–H groups in total. The molecular formula is C13H14ClF3N2O. The van der Waals surface area contributed by atoms with Crippen LogP contribution in [-0.2, 0) is 0 Å². The van der Waals surface area contributed by atoms with Crippen molar-refractivity contribution in [2.45, 2.75) is 27.1 Å². The molecule has 0 amide bonds. The van der Waals surface area contributed by atoms with E-state index >= 15 is 0 Å². The summed E-state index contributed by atoms with van der Waals surface area (Å²) in [4.78, 5) is 0. The number of halogens is 4. The van der Waals surface area contributed by atoms with E-state index in [0.717, 1.165) is 5.56 Å². The molecule has 0 spiro atoms. The molecule has 0 atom stereocenters. The average Bonchev–Trinajstić information content (AvgIpc) is 2.71. The van der Waals surface area contributed by atoms with Crippen molar-refractivity contribution in [3.8, 4) is 11.4 Å². The van der Waals surface area contributed by atoms with E-state index in [1.54, 1.807) is 13.1 Å². The molecule has 0 fully saturated rings. The second-order valence-corrected chi connectivity index (χ2v) is 3.95. The van der Waals surface area contributed by atoms with E-state index < -0.39 is 6.36 Å². The Morgan fingerprint density at radius 1 is 1.15 bits per heavy atom. The van der Waals surface area contributed by atoms with Crippen LogP contribution in [0.4, 0.5) is 13.2 Å². The van der Waals surface area contributed by atoms with Gasteiger partial charge < -0.3 is 4.74 Å². The summed E-state index contributed by atoms with van der Waals surface area (Å²) in [6.45, 7) is 5.78. The summed E-state index contributed by atoms with van der Waals surface area (Å²) < 4.78 is 41.1. The third kappa shape index (κ3) is 4.45. The molecule has 20 heavy (non-hydrogen) atoms. The van der Waals surface area contributed by atoms with Crippen LogP contribution in [-0.4, -0.2) is 16.1 Å². The van der Waals surface area contributed by atoms with Gasteiger partial charge in [0.25, 0.3) is 0 Å². The van der Waals surface area contributed by atoms with Crippen molar-refractivity contribution in [1.29, 1.82) is 0 Å². The molecule has 2 aromatic rings. The van der Waals surface area contributed by atoms with Crippen molar-refractivity contribution >= 4 is 11.6 Å². The smallest absolute Gasteiger partial charge is 0.406 e. The lowest BCUT2D eigenvalue weighted by atomic mass is 10.3. The summed E-state index contributed by atoms with van der Waals surface area (Å²) >= 11 is 5.79. The van der Waals surface area contributed by atoms with Crippen LogP contribution in [0.25, 0.3) is 5.69 Å². The van der Waals surface area contributed by atoms with Gasteiger partial charge in [0.05, 0.1) is 5.69 Å². The van der Waals surface area contributed by atoms with Gasteiger partial charge in [-0.2, -0.15) is 5.10 Å². The lowest BCUT2D eigenvalue weighted by molar-refractivity contribution is -0.274. The van der Waals surface area contributed by atoms with Crippen LogP contribution in [0.2, 0.25) is 5.15 Å². The van der Waals surface area contributed by atoms with Gasteiger partial charge in [-0.3, -0.25) is 0 Å². The standard InChI is InChI=1S/C11H8ClF3N2O.C2H6/c1-7-6-17(16-10(7)12)8-2-4-9(5-3-8)18-11(13,14)15;1-2/h2-6H,1H3;1-2H3. The number of aryl methyl sites for hydroxylation is 1. The van der Waals surface area contributed by atoms with Crippen LogP contribution in [0, 0.1) is 6.92 Å². The molecule has 0 unspecified atom stereocenters. The quantitative estimate of drug-likeness (QED) is 0.800. The third-order valence-corrected chi connectivity index (χ3v) is 2.55. The van der Waals surface area contributed by atoms with Crippen LogP contribution < -0.4 is 4.74 Å². The molecule has 0 saturated heterocycles. The van der Waals surface area contributed by atoms with Gasteiger partial charge >= 0.3 is 6.36 Å². The van der Waals surface area contributed by atoms with Gasteiger partial charge in [0.15, 0.2) is 5.15 Å². The molecule has 3 nitrogen and oxygen atoms in total. The highest BCUT2D eigenvalue weighted by Crippen LogP contribution is 2.24. The zero-order valence-corrected chi connectivity index (χ0v) is 12.0. The van der Waals surface area contributed by atoms with Crippen molar-refractivity contribution in [1.82, 2.24) is 9.78 Å². The summed E-state index contributed by atoms with van der Waals surface area (Å²) in [6.07, 6.45) is -3.00. The fourth-order valence-electron chi connectivity index (χ4n) is 1.37. The van der Waals surface area contributed by atoms with E-state index in [2.05, 4.69) is 9.84 Å². The Morgan fingerprint density at radius 3 is 2.10 bits per heavy atom. The number of nitrogens with zero attached hydrogens (tertiary/aromatic N) is 2. The molecule has 0 aliphatic heterocycles. The van der Waals surface area contributed by atoms with E-state index in [9.17, 15) is 13.2 Å². The van der Waals surface area contributed by atoms with Crippen molar-refractivity contribution in [2.75, 3.05) is 0 Å². The van der Waals surface area contributed by atoms with Crippen molar-refractivity contribution in [3.05, 3.63) is 41.2 Å². The molecule has 1 heterocycles. The van der Waals surface area contributed by atoms with E-state index in [1.165, 1.54) is 28.9 Å². The predicted octanol–water partition coefficient (Wildman–Crippen LogP) is 4.76. The normalized spacial score (nSPS) is 10.8. The first kappa shape index (κ1) is 16.4. The largest absolute Gasteiger partial charge is 0.573 e. The van der Waals surface area contributed by atoms with Gasteiger partial charge in [0.2, 0.25) is 0 Å². The highest BCUT2D eigenvalue weighted by molar-refractivity contribution is 6.30. The van der Waals surface area contributed by atoms with Crippen LogP contribution >= 0.6 is 11.6 Å². The van der Waals surface area contributed by atoms with Crippen molar-refractivity contribution in [3.63, 3.8) is 0 Å². The minimum absolute atomic E-state index is 0.277. The molecule has 2 rings (SSSR count). The number of hydrogen-bond donors (Lipinski definition) is 0. The Kier molecular flexibility index (Phi) is 5.44. The SMILES string of the molecule is CC.Cc1cn(-c2ccc(OC(F)(F)F)cc2)nc1Cl. The molecule has 0 saturated carbocycles. The minimum atomic E-state index is -4.69. The van der Waals surface area contributed by atoms with Gasteiger partial charge in [0.1, 0.15) is 5.75 Å². The van der Waals surface area contributed by atoms with Gasteiger partial charge in [-0.1, -0.05) is 25.4 Å². The fraction of sp³-hybridized carbons (Fsp3) is 0.308. The monoisotopic (exact) mass is 306 g/mol. The highest BCUT2D eigenvalue weighted by atomic mass is 35.5. The first-order valence-corrected chi connectivity index (χ1v) is 6.31. The van der Waals surface area contributed by atoms with Crippen molar-refractivity contribution < 1.29 is 17.9 Å². The molecule has 1 aromatic heterocycles. The van der Waals surface area contributed by atoms with Gasteiger partial charge in [-0.05, 0) is 31.2 Å². The van der Waals surface area contributed by atoms with Crippen LogP contribution in [0.15, 0.2) is 30.5 Å². The van der Waals surface area contributed by atoms with E-state index in [-0.39, 0.29) is 5.75 Å². The van der Waals surface area contributed by atoms with Gasteiger partial charge in [0, 0.05) is 11.8 Å². The number of alkyl halides is 3. The maximum atomic E-state index is 12.0. The van der Waals surface area contributed by atoms with Crippen LogP contribution in [0.1, 0.15) is 19.4 Å². The fourth-order valence-corrected chi connectivity index (χ4v) is 1.50. The van der Waals surface area contributed by atoms with Crippen LogP contribution in [0.5, 0.6) is 5.75 Å². The lowest BCUT2D eigenvalue weighted by Crippen LogP contribution is -2.17. The number of benzene rings is 1. The highest BCUT2D eigenvalue weighted by Gasteiger charge is 2.30. The Labute approximate surface area is 119 Å². The molecule has 1 aromatic carbocycles. The average molecular weight is 307 g/mol. The Hall–Kier alpha value is -1.69. The number of rotatable bonds is 2. The number of aromatic nitrogens is 2. The molecule has 0 radical (unpaired) electrons. The first-order valence-electron chi connectivity index (χ1n) is 5.93. The zero-order chi connectivity index (χ0) is 15.3. The third-order valence-electron chi connectivity index (χ3n) is 2.17. The molecular weight excluding hydrogens is 293 g/mol. The zero-order valence-electron chi connectivity index (χ0n) is 11.2. The van der Waals surface area contributed by atoms with Gasteiger partial charge in [-0.15, -0.1) is 13.2 Å². The van der Waals surface area contributed by atoms with E-state index in [0.29, 0.717) is 10.8 Å². The summed E-state index contributed by atoms with van der Waals surface area (Å²) in [5.41, 5.74) is 1.38. The Morgan fingerprint density at radius 2 is 1.70 bits per heavy atom. The van der Waals surface area contributed by atoms with Crippen LogP contribution in [0.3, 0.4) is 0 Å². The molecule has 110 valence electrons. The summed E-state index contributed by atoms with van der Waals surface area (Å²) in [7, 11) is 0. The predicted molar refractivity (Wildman–Crippen MR) is 71.3 cm³/mol. The van der Waals surface area contributed by atoms with E-state index in [4.69, 9.17) is 11.6 Å². The van der Waals surface area contributed by atoms with Gasteiger partial charge in [-0.25, -0.2) is 4.68 Å². The van der Waals surface area contributed by atoms with E-state index in [1.807, 2.05) is 13.8 Å². The summed E-state index contributed by atoms with van der Waals surface area (Å²) in [6, 6.07) is 5.36. The maximum Gasteiger partial charge on any atom is 0.573 e. The maximum absolute atomic E-state index is 12.0. The Bertz CT molecular complexity index is 530. The summed E-state index contributed by atoms with van der Waals surface area (Å²) in [5.74, 6) is -0.277. The molecule has 7 heteroatoms. The number of ether oxygens (including phenoxy) is 1. The topological polar surface area (TPSA) is 27.1 Å². The first-order chi connectivity index (χ1) is 9.35. The summed E-state index contributed by atoms with van der Waals surface area (Å²) in [5, 5.41) is 4.36. The lowest BCUT2D eigenvalue weighted by Gasteiger charge is -2.09. The Balaban J connectivity index is 0.000000956.